The standard InChI is InChI=1S/C9H11NO3/c11-9-5-3-8(4-6-9)2-1-7-10(12)13/h3-6,11H,1-2,7H2. The third kappa shape index (κ3) is 3.55. The molecule has 0 spiro atoms. The van der Waals surface area contributed by atoms with Crippen molar-refractivity contribution in [2.75, 3.05) is 6.54 Å². The molecule has 0 fully saturated rings. The van der Waals surface area contributed by atoms with Crippen molar-refractivity contribution >= 4 is 0 Å². The highest BCUT2D eigenvalue weighted by atomic mass is 16.6. The number of rotatable bonds is 4. The molecular formula is C9H11NO3. The lowest BCUT2D eigenvalue weighted by molar-refractivity contribution is -0.480. The zero-order chi connectivity index (χ0) is 9.68. The summed E-state index contributed by atoms with van der Waals surface area (Å²) in [6, 6.07) is 6.72. The quantitative estimate of drug-likeness (QED) is 0.566. The lowest BCUT2D eigenvalue weighted by Crippen LogP contribution is -2.01. The predicted molar refractivity (Wildman–Crippen MR) is 48.3 cm³/mol. The molecule has 0 aromatic heterocycles. The molecule has 0 saturated carbocycles. The van der Waals surface area contributed by atoms with E-state index in [0.29, 0.717) is 12.8 Å². The molecule has 1 rings (SSSR count). The van der Waals surface area contributed by atoms with Crippen LogP contribution in [0, 0.1) is 10.1 Å². The van der Waals surface area contributed by atoms with Crippen LogP contribution in [-0.2, 0) is 6.42 Å². The fraction of sp³-hybridized carbons (Fsp3) is 0.333. The summed E-state index contributed by atoms with van der Waals surface area (Å²) in [6.07, 6.45) is 1.22. The van der Waals surface area contributed by atoms with Crippen LogP contribution in [0.4, 0.5) is 0 Å². The highest BCUT2D eigenvalue weighted by molar-refractivity contribution is 5.25. The number of benzene rings is 1. The van der Waals surface area contributed by atoms with Gasteiger partial charge in [0.1, 0.15) is 5.75 Å². The van der Waals surface area contributed by atoms with E-state index in [0.717, 1.165) is 5.56 Å². The summed E-state index contributed by atoms with van der Waals surface area (Å²) in [5, 5.41) is 19.0. The average Bonchev–Trinajstić information content (AvgIpc) is 2.08. The van der Waals surface area contributed by atoms with Crippen molar-refractivity contribution in [1.29, 1.82) is 0 Å². The third-order valence-electron chi connectivity index (χ3n) is 1.74. The van der Waals surface area contributed by atoms with Crippen molar-refractivity contribution in [2.24, 2.45) is 0 Å². The van der Waals surface area contributed by atoms with Crippen LogP contribution in [0.3, 0.4) is 0 Å². The van der Waals surface area contributed by atoms with Gasteiger partial charge in [-0.25, -0.2) is 0 Å². The fourth-order valence-corrected chi connectivity index (χ4v) is 1.07. The van der Waals surface area contributed by atoms with E-state index in [-0.39, 0.29) is 17.2 Å². The van der Waals surface area contributed by atoms with Crippen LogP contribution in [0.25, 0.3) is 0 Å². The Morgan fingerprint density at radius 2 is 1.92 bits per heavy atom. The van der Waals surface area contributed by atoms with Gasteiger partial charge in [0.2, 0.25) is 6.54 Å². The summed E-state index contributed by atoms with van der Waals surface area (Å²) in [4.78, 5) is 9.69. The molecule has 13 heavy (non-hydrogen) atoms. The van der Waals surface area contributed by atoms with Gasteiger partial charge in [-0.05, 0) is 24.1 Å². The van der Waals surface area contributed by atoms with Crippen LogP contribution < -0.4 is 0 Å². The molecule has 1 N–H and O–H groups in total. The molecule has 0 unspecified atom stereocenters. The summed E-state index contributed by atoms with van der Waals surface area (Å²) in [5.74, 6) is 0.220. The number of aryl methyl sites for hydroxylation is 1. The number of aromatic hydroxyl groups is 1. The smallest absolute Gasteiger partial charge is 0.204 e. The van der Waals surface area contributed by atoms with E-state index in [1.807, 2.05) is 0 Å². The van der Waals surface area contributed by atoms with Crippen LogP contribution in [0.15, 0.2) is 24.3 Å². The summed E-state index contributed by atoms with van der Waals surface area (Å²) >= 11 is 0. The van der Waals surface area contributed by atoms with Gasteiger partial charge in [-0.1, -0.05) is 12.1 Å². The van der Waals surface area contributed by atoms with E-state index >= 15 is 0 Å². The second-order valence-corrected chi connectivity index (χ2v) is 2.83. The van der Waals surface area contributed by atoms with E-state index < -0.39 is 0 Å². The third-order valence-corrected chi connectivity index (χ3v) is 1.74. The van der Waals surface area contributed by atoms with Gasteiger partial charge in [-0.15, -0.1) is 0 Å². The minimum Gasteiger partial charge on any atom is -0.508 e. The van der Waals surface area contributed by atoms with Gasteiger partial charge in [-0.3, -0.25) is 10.1 Å². The average molecular weight is 181 g/mol. The van der Waals surface area contributed by atoms with E-state index in [4.69, 9.17) is 5.11 Å². The highest BCUT2D eigenvalue weighted by Gasteiger charge is 1.98. The van der Waals surface area contributed by atoms with Crippen molar-refractivity contribution in [2.45, 2.75) is 12.8 Å². The molecule has 1 aromatic carbocycles. The Morgan fingerprint density at radius 3 is 2.46 bits per heavy atom. The van der Waals surface area contributed by atoms with Crippen LogP contribution in [0.5, 0.6) is 5.75 Å². The number of nitrogens with zero attached hydrogens (tertiary/aromatic N) is 1. The summed E-state index contributed by atoms with van der Waals surface area (Å²) in [5.41, 5.74) is 1.01. The first kappa shape index (κ1) is 9.51. The van der Waals surface area contributed by atoms with Gasteiger partial charge in [-0.2, -0.15) is 0 Å². The Kier molecular flexibility index (Phi) is 3.25. The molecule has 0 saturated heterocycles. The largest absolute Gasteiger partial charge is 0.508 e. The fourth-order valence-electron chi connectivity index (χ4n) is 1.07. The number of hydrogen-bond donors (Lipinski definition) is 1. The first-order chi connectivity index (χ1) is 6.18. The number of phenolic OH excluding ortho intramolecular Hbond substituents is 1. The van der Waals surface area contributed by atoms with Gasteiger partial charge >= 0.3 is 0 Å². The van der Waals surface area contributed by atoms with Crippen molar-refractivity contribution in [3.8, 4) is 5.75 Å². The topological polar surface area (TPSA) is 63.4 Å². The molecule has 0 aliphatic heterocycles. The van der Waals surface area contributed by atoms with Gasteiger partial charge in [0.15, 0.2) is 0 Å². The number of nitro groups is 1. The first-order valence-electron chi connectivity index (χ1n) is 4.08. The monoisotopic (exact) mass is 181 g/mol. The molecule has 0 atom stereocenters. The maximum atomic E-state index is 10.0. The second-order valence-electron chi connectivity index (χ2n) is 2.83. The summed E-state index contributed by atoms with van der Waals surface area (Å²) < 4.78 is 0. The normalized spacial score (nSPS) is 9.85. The molecule has 0 bridgehead atoms. The van der Waals surface area contributed by atoms with Gasteiger partial charge in [0, 0.05) is 11.3 Å². The maximum Gasteiger partial charge on any atom is 0.204 e. The van der Waals surface area contributed by atoms with Crippen molar-refractivity contribution < 1.29 is 10.0 Å². The van der Waals surface area contributed by atoms with E-state index in [1.165, 1.54) is 0 Å². The maximum absolute atomic E-state index is 10.0. The van der Waals surface area contributed by atoms with Crippen LogP contribution in [0.2, 0.25) is 0 Å². The highest BCUT2D eigenvalue weighted by Crippen LogP contribution is 2.10. The summed E-state index contributed by atoms with van der Waals surface area (Å²) in [6.45, 7) is 0.000869. The summed E-state index contributed by atoms with van der Waals surface area (Å²) in [7, 11) is 0. The molecule has 4 nitrogen and oxygen atoms in total. The number of phenols is 1. The molecule has 0 heterocycles. The Balaban J connectivity index is 2.37. The second kappa shape index (κ2) is 4.45. The minimum absolute atomic E-state index is 0.000869. The lowest BCUT2D eigenvalue weighted by Gasteiger charge is -1.98. The molecule has 0 aliphatic carbocycles. The molecule has 0 amide bonds. The molecule has 0 aliphatic rings. The van der Waals surface area contributed by atoms with Crippen LogP contribution in [-0.4, -0.2) is 16.6 Å². The molecular weight excluding hydrogens is 170 g/mol. The molecule has 4 heteroatoms. The van der Waals surface area contributed by atoms with Crippen LogP contribution in [0.1, 0.15) is 12.0 Å². The predicted octanol–water partition coefficient (Wildman–Crippen LogP) is 1.60. The Hall–Kier alpha value is -1.58. The molecule has 1 aromatic rings. The Morgan fingerprint density at radius 1 is 1.31 bits per heavy atom. The van der Waals surface area contributed by atoms with E-state index in [9.17, 15) is 10.1 Å². The number of hydrogen-bond acceptors (Lipinski definition) is 3. The first-order valence-corrected chi connectivity index (χ1v) is 4.08. The SMILES string of the molecule is O=[N+]([O-])CCCc1ccc(O)cc1. The van der Waals surface area contributed by atoms with Gasteiger partial charge in [0.25, 0.3) is 0 Å². The molecule has 70 valence electrons. The van der Waals surface area contributed by atoms with Crippen molar-refractivity contribution in [3.05, 3.63) is 39.9 Å². The van der Waals surface area contributed by atoms with E-state index in [1.54, 1.807) is 24.3 Å². The lowest BCUT2D eigenvalue weighted by atomic mass is 10.1. The van der Waals surface area contributed by atoms with Crippen molar-refractivity contribution in [1.82, 2.24) is 0 Å². The molecule has 0 radical (unpaired) electrons. The minimum atomic E-state index is -0.319. The zero-order valence-electron chi connectivity index (χ0n) is 7.14. The van der Waals surface area contributed by atoms with Gasteiger partial charge < -0.3 is 5.11 Å². The zero-order valence-corrected chi connectivity index (χ0v) is 7.14. The van der Waals surface area contributed by atoms with Crippen LogP contribution >= 0.6 is 0 Å². The van der Waals surface area contributed by atoms with E-state index in [2.05, 4.69) is 0 Å². The van der Waals surface area contributed by atoms with Crippen molar-refractivity contribution in [3.63, 3.8) is 0 Å². The Labute approximate surface area is 76.0 Å². The Bertz CT molecular complexity index is 281. The van der Waals surface area contributed by atoms with Gasteiger partial charge in [0.05, 0.1) is 0 Å².